The molecule has 3 unspecified atom stereocenters. The van der Waals surface area contributed by atoms with Crippen LogP contribution in [0.4, 0.5) is 0 Å². The molecule has 0 aromatic carbocycles. The van der Waals surface area contributed by atoms with Crippen LogP contribution in [0.25, 0.3) is 0 Å². The Balaban J connectivity index is 3.00. The van der Waals surface area contributed by atoms with E-state index in [-0.39, 0.29) is 5.92 Å². The molecule has 3 atom stereocenters. The molecule has 0 aliphatic heterocycles. The minimum absolute atomic E-state index is 0.144. The van der Waals surface area contributed by atoms with E-state index in [2.05, 4.69) is 40.3 Å². The molecule has 16 heavy (non-hydrogen) atoms. The van der Waals surface area contributed by atoms with Crippen LogP contribution in [-0.4, -0.2) is 10.7 Å². The van der Waals surface area contributed by atoms with Gasteiger partial charge in [0.2, 0.25) is 0 Å². The molecule has 0 spiro atoms. The van der Waals surface area contributed by atoms with E-state index in [1.807, 2.05) is 6.08 Å². The Kier molecular flexibility index (Phi) is 4.37. The second-order valence-corrected chi connectivity index (χ2v) is 5.73. The average Bonchev–Trinajstić information content (AvgIpc) is 2.21. The van der Waals surface area contributed by atoms with E-state index in [0.717, 1.165) is 19.3 Å². The van der Waals surface area contributed by atoms with Crippen LogP contribution in [0.2, 0.25) is 0 Å². The smallest absolute Gasteiger partial charge is 0.0916 e. The third-order valence-corrected chi connectivity index (χ3v) is 3.78. The molecular formula is C15H26O. The van der Waals surface area contributed by atoms with Crippen molar-refractivity contribution in [2.45, 2.75) is 52.6 Å². The highest BCUT2D eigenvalue weighted by Crippen LogP contribution is 2.42. The first-order chi connectivity index (χ1) is 7.40. The van der Waals surface area contributed by atoms with Crippen LogP contribution in [0.3, 0.4) is 0 Å². The molecule has 0 aromatic rings. The summed E-state index contributed by atoms with van der Waals surface area (Å²) in [6.45, 7) is 12.5. The predicted molar refractivity (Wildman–Crippen MR) is 70.2 cm³/mol. The number of allylic oxidation sites excluding steroid dienone is 1. The van der Waals surface area contributed by atoms with Crippen LogP contribution in [0, 0.1) is 17.8 Å². The lowest BCUT2D eigenvalue weighted by Crippen LogP contribution is -2.41. The van der Waals surface area contributed by atoms with Crippen molar-refractivity contribution >= 4 is 0 Å². The molecule has 1 aliphatic carbocycles. The first-order valence-corrected chi connectivity index (χ1v) is 6.46. The van der Waals surface area contributed by atoms with Crippen molar-refractivity contribution in [2.75, 3.05) is 0 Å². The fraction of sp³-hybridized carbons (Fsp3) is 0.733. The highest BCUT2D eigenvalue weighted by Gasteiger charge is 2.39. The van der Waals surface area contributed by atoms with Crippen molar-refractivity contribution in [3.8, 4) is 0 Å². The van der Waals surface area contributed by atoms with Crippen molar-refractivity contribution in [2.24, 2.45) is 17.8 Å². The van der Waals surface area contributed by atoms with Crippen LogP contribution in [0.5, 0.6) is 0 Å². The monoisotopic (exact) mass is 222 g/mol. The van der Waals surface area contributed by atoms with Crippen molar-refractivity contribution in [1.29, 1.82) is 0 Å². The minimum atomic E-state index is -0.640. The minimum Gasteiger partial charge on any atom is -0.385 e. The highest BCUT2D eigenvalue weighted by molar-refractivity contribution is 5.23. The van der Waals surface area contributed by atoms with Gasteiger partial charge in [0.15, 0.2) is 0 Å². The summed E-state index contributed by atoms with van der Waals surface area (Å²) >= 11 is 0. The van der Waals surface area contributed by atoms with Gasteiger partial charge in [-0.15, -0.1) is 6.58 Å². The first-order valence-electron chi connectivity index (χ1n) is 6.46. The molecule has 0 amide bonds. The van der Waals surface area contributed by atoms with Gasteiger partial charge in [0, 0.05) is 5.92 Å². The molecule has 1 nitrogen and oxygen atoms in total. The molecule has 1 fully saturated rings. The molecular weight excluding hydrogens is 196 g/mol. The first kappa shape index (κ1) is 13.5. The lowest BCUT2D eigenvalue weighted by Gasteiger charge is -2.41. The summed E-state index contributed by atoms with van der Waals surface area (Å²) in [5, 5.41) is 10.8. The maximum atomic E-state index is 10.8. The second kappa shape index (κ2) is 5.18. The molecule has 1 aliphatic rings. The molecule has 1 heteroatoms. The summed E-state index contributed by atoms with van der Waals surface area (Å²) in [6, 6.07) is 0. The van der Waals surface area contributed by atoms with Gasteiger partial charge in [-0.05, 0) is 36.7 Å². The van der Waals surface area contributed by atoms with Gasteiger partial charge in [-0.1, -0.05) is 39.8 Å². The maximum absolute atomic E-state index is 10.8. The zero-order chi connectivity index (χ0) is 12.3. The Morgan fingerprint density at radius 1 is 1.44 bits per heavy atom. The fourth-order valence-corrected chi connectivity index (χ4v) is 2.61. The molecule has 1 N–H and O–H groups in total. The molecule has 0 saturated heterocycles. The third kappa shape index (κ3) is 2.76. The molecule has 0 heterocycles. The van der Waals surface area contributed by atoms with E-state index in [9.17, 15) is 5.11 Å². The Bertz CT molecular complexity index is 277. The Labute approximate surface area is 100 Å². The van der Waals surface area contributed by atoms with Gasteiger partial charge in [-0.25, -0.2) is 0 Å². The zero-order valence-electron chi connectivity index (χ0n) is 11.2. The average molecular weight is 222 g/mol. The van der Waals surface area contributed by atoms with Crippen LogP contribution in [0.1, 0.15) is 47.0 Å². The van der Waals surface area contributed by atoms with Crippen LogP contribution >= 0.6 is 0 Å². The molecule has 92 valence electrons. The molecule has 0 radical (unpaired) electrons. The Morgan fingerprint density at radius 3 is 2.56 bits per heavy atom. The van der Waals surface area contributed by atoms with Crippen molar-refractivity contribution in [3.63, 3.8) is 0 Å². The van der Waals surface area contributed by atoms with Gasteiger partial charge in [-0.2, -0.15) is 0 Å². The summed E-state index contributed by atoms with van der Waals surface area (Å²) in [4.78, 5) is 0. The number of hydrogen-bond donors (Lipinski definition) is 1. The second-order valence-electron chi connectivity index (χ2n) is 5.73. The van der Waals surface area contributed by atoms with E-state index in [4.69, 9.17) is 0 Å². The van der Waals surface area contributed by atoms with Gasteiger partial charge < -0.3 is 5.11 Å². The highest BCUT2D eigenvalue weighted by atomic mass is 16.3. The van der Waals surface area contributed by atoms with E-state index >= 15 is 0 Å². The molecule has 1 rings (SSSR count). The topological polar surface area (TPSA) is 20.2 Å². The fourth-order valence-electron chi connectivity index (χ4n) is 2.61. The summed E-state index contributed by atoms with van der Waals surface area (Å²) in [5.41, 5.74) is 0.590. The van der Waals surface area contributed by atoms with Crippen LogP contribution in [0.15, 0.2) is 24.3 Å². The number of aliphatic hydroxyl groups is 1. The normalized spacial score (nSPS) is 35.4. The lowest BCUT2D eigenvalue weighted by molar-refractivity contribution is 0.00931. The molecule has 1 saturated carbocycles. The van der Waals surface area contributed by atoms with Gasteiger partial charge in [0.05, 0.1) is 5.60 Å². The molecule has 0 bridgehead atoms. The zero-order valence-corrected chi connectivity index (χ0v) is 11.2. The largest absolute Gasteiger partial charge is 0.385 e. The van der Waals surface area contributed by atoms with E-state index in [0.29, 0.717) is 11.8 Å². The van der Waals surface area contributed by atoms with Crippen molar-refractivity contribution in [3.05, 3.63) is 24.3 Å². The van der Waals surface area contributed by atoms with Gasteiger partial charge in [0.25, 0.3) is 0 Å². The summed E-state index contributed by atoms with van der Waals surface area (Å²) in [7, 11) is 0. The molecule has 0 aromatic heterocycles. The Morgan fingerprint density at radius 2 is 2.06 bits per heavy atom. The van der Waals surface area contributed by atoms with Gasteiger partial charge in [0.1, 0.15) is 0 Å². The standard InChI is InChI=1S/C15H26O/c1-6-13(5)15(16)8-7-12(4)10-14(15)9-11(2)3/h6,9,11-13,16H,1,7-8,10H2,2-5H3/b14-9+. The third-order valence-electron chi connectivity index (χ3n) is 3.78. The van der Waals surface area contributed by atoms with E-state index in [1.165, 1.54) is 5.57 Å². The van der Waals surface area contributed by atoms with Gasteiger partial charge in [-0.3, -0.25) is 0 Å². The lowest BCUT2D eigenvalue weighted by atomic mass is 9.69. The van der Waals surface area contributed by atoms with Crippen LogP contribution < -0.4 is 0 Å². The summed E-state index contributed by atoms with van der Waals surface area (Å²) < 4.78 is 0. The predicted octanol–water partition coefficient (Wildman–Crippen LogP) is 3.94. The maximum Gasteiger partial charge on any atom is 0.0916 e. The summed E-state index contributed by atoms with van der Waals surface area (Å²) in [5.74, 6) is 1.34. The number of hydrogen-bond acceptors (Lipinski definition) is 1. The van der Waals surface area contributed by atoms with Crippen molar-refractivity contribution in [1.82, 2.24) is 0 Å². The van der Waals surface area contributed by atoms with Crippen molar-refractivity contribution < 1.29 is 5.11 Å². The van der Waals surface area contributed by atoms with Crippen LogP contribution in [-0.2, 0) is 0 Å². The quantitative estimate of drug-likeness (QED) is 0.717. The Hall–Kier alpha value is -0.560. The van der Waals surface area contributed by atoms with E-state index < -0.39 is 5.60 Å². The number of rotatable bonds is 3. The summed E-state index contributed by atoms with van der Waals surface area (Å²) in [6.07, 6.45) is 7.15. The SMILES string of the molecule is C=CC(C)C1(O)CCC(C)C/C1=C\C(C)C. The van der Waals surface area contributed by atoms with E-state index in [1.54, 1.807) is 0 Å². The van der Waals surface area contributed by atoms with Gasteiger partial charge >= 0.3 is 0 Å².